The molecule has 0 atom stereocenters. The van der Waals surface area contributed by atoms with Crippen LogP contribution in [0.3, 0.4) is 0 Å². The van der Waals surface area contributed by atoms with Gasteiger partial charge in [0, 0.05) is 0 Å². The molecule has 0 heterocycles. The van der Waals surface area contributed by atoms with Gasteiger partial charge in [0.15, 0.2) is 0 Å². The van der Waals surface area contributed by atoms with E-state index in [1.807, 2.05) is 0 Å². The van der Waals surface area contributed by atoms with Crippen LogP contribution < -0.4 is 0 Å². The third kappa shape index (κ3) is 2.12. The lowest BCUT2D eigenvalue weighted by molar-refractivity contribution is 0.503. The molecule has 0 spiro atoms. The highest BCUT2D eigenvalue weighted by Gasteiger charge is 2.23. The van der Waals surface area contributed by atoms with Crippen molar-refractivity contribution in [2.75, 3.05) is 0 Å². The monoisotopic (exact) mass is 176 g/mol. The van der Waals surface area contributed by atoms with Gasteiger partial charge in [-0.25, -0.2) is 0 Å². The number of hydrogen-bond donors (Lipinski definition) is 0. The minimum atomic E-state index is 0.234. The quantitative estimate of drug-likeness (QED) is 0.517. The van der Waals surface area contributed by atoms with E-state index in [1.165, 1.54) is 22.3 Å². The minimum absolute atomic E-state index is 0.234. The van der Waals surface area contributed by atoms with Crippen LogP contribution in [0.15, 0.2) is 34.9 Å². The predicted molar refractivity (Wildman–Crippen MR) is 59.7 cm³/mol. The van der Waals surface area contributed by atoms with Gasteiger partial charge in [0.05, 0.1) is 0 Å². The first-order valence-corrected chi connectivity index (χ1v) is 4.89. The molecule has 1 rings (SSSR count). The Morgan fingerprint density at radius 1 is 1.23 bits per heavy atom. The van der Waals surface area contributed by atoms with Crippen molar-refractivity contribution in [2.24, 2.45) is 5.41 Å². The first kappa shape index (κ1) is 10.3. The fourth-order valence-electron chi connectivity index (χ4n) is 2.32. The van der Waals surface area contributed by atoms with Crippen LogP contribution in [-0.4, -0.2) is 0 Å². The molecule has 0 saturated heterocycles. The molecule has 0 aromatic rings. The van der Waals surface area contributed by atoms with Crippen LogP contribution in [0.4, 0.5) is 0 Å². The Labute approximate surface area is 82.0 Å². The molecular weight excluding hydrogens is 156 g/mol. The lowest BCUT2D eigenvalue weighted by Crippen LogP contribution is -2.15. The van der Waals surface area contributed by atoms with Crippen molar-refractivity contribution >= 4 is 0 Å². The minimum Gasteiger partial charge on any atom is -0.0952 e. The molecule has 72 valence electrons. The van der Waals surface area contributed by atoms with E-state index in [2.05, 4.69) is 47.3 Å². The van der Waals surface area contributed by atoms with Gasteiger partial charge in [0.1, 0.15) is 0 Å². The van der Waals surface area contributed by atoms with E-state index in [9.17, 15) is 0 Å². The fourth-order valence-corrected chi connectivity index (χ4v) is 2.32. The standard InChI is InChI=1S/C13H20/c1-9-7-10(2)12(11(3)8-9)13(4,5)6/h8H,2,7H2,1,3-6H3. The van der Waals surface area contributed by atoms with Crippen molar-refractivity contribution in [3.63, 3.8) is 0 Å². The molecular formula is C13H20. The molecule has 0 aromatic heterocycles. The van der Waals surface area contributed by atoms with Gasteiger partial charge in [-0.15, -0.1) is 0 Å². The Bertz CT molecular complexity index is 292. The second-order valence-electron chi connectivity index (χ2n) is 5.08. The molecule has 0 unspecified atom stereocenters. The van der Waals surface area contributed by atoms with Crippen LogP contribution in [0.5, 0.6) is 0 Å². The first-order chi connectivity index (χ1) is 5.82. The third-order valence-corrected chi connectivity index (χ3v) is 2.45. The van der Waals surface area contributed by atoms with E-state index in [1.54, 1.807) is 0 Å². The van der Waals surface area contributed by atoms with Crippen LogP contribution in [-0.2, 0) is 0 Å². The number of rotatable bonds is 0. The number of hydrogen-bond acceptors (Lipinski definition) is 0. The molecule has 0 nitrogen and oxygen atoms in total. The molecule has 0 radical (unpaired) electrons. The summed E-state index contributed by atoms with van der Waals surface area (Å²) in [6.07, 6.45) is 3.33. The summed E-state index contributed by atoms with van der Waals surface area (Å²) in [4.78, 5) is 0. The Morgan fingerprint density at radius 2 is 1.77 bits per heavy atom. The van der Waals surface area contributed by atoms with E-state index in [4.69, 9.17) is 0 Å². The van der Waals surface area contributed by atoms with Gasteiger partial charge in [-0.2, -0.15) is 0 Å². The SMILES string of the molecule is C=C1CC(C)=CC(C)=C1C(C)(C)C. The lowest BCUT2D eigenvalue weighted by atomic mass is 9.75. The normalized spacial score (nSPS) is 19.2. The summed E-state index contributed by atoms with van der Waals surface area (Å²) in [5.74, 6) is 0. The second-order valence-corrected chi connectivity index (χ2v) is 5.08. The Balaban J connectivity index is 3.20. The largest absolute Gasteiger partial charge is 0.0952 e. The maximum atomic E-state index is 4.16. The van der Waals surface area contributed by atoms with E-state index < -0.39 is 0 Å². The molecule has 0 aliphatic heterocycles. The summed E-state index contributed by atoms with van der Waals surface area (Å²) < 4.78 is 0. The van der Waals surface area contributed by atoms with E-state index in [0.717, 1.165) is 6.42 Å². The van der Waals surface area contributed by atoms with Gasteiger partial charge in [-0.3, -0.25) is 0 Å². The molecule has 13 heavy (non-hydrogen) atoms. The summed E-state index contributed by atoms with van der Waals surface area (Å²) in [6.45, 7) is 15.3. The van der Waals surface area contributed by atoms with Crippen molar-refractivity contribution in [3.8, 4) is 0 Å². The summed E-state index contributed by atoms with van der Waals surface area (Å²) in [6, 6.07) is 0. The van der Waals surface area contributed by atoms with E-state index in [-0.39, 0.29) is 5.41 Å². The Hall–Kier alpha value is -0.780. The summed E-state index contributed by atoms with van der Waals surface area (Å²) >= 11 is 0. The molecule has 0 bridgehead atoms. The molecule has 0 fully saturated rings. The molecule has 0 aromatic carbocycles. The average Bonchev–Trinajstić information content (AvgIpc) is 1.78. The van der Waals surface area contributed by atoms with Crippen molar-refractivity contribution in [3.05, 3.63) is 34.9 Å². The summed E-state index contributed by atoms with van der Waals surface area (Å²) in [5, 5.41) is 0. The van der Waals surface area contributed by atoms with Crippen molar-refractivity contribution in [1.82, 2.24) is 0 Å². The van der Waals surface area contributed by atoms with Crippen molar-refractivity contribution in [1.29, 1.82) is 0 Å². The molecule has 0 amide bonds. The van der Waals surface area contributed by atoms with Crippen LogP contribution in [0.1, 0.15) is 41.0 Å². The third-order valence-electron chi connectivity index (χ3n) is 2.45. The molecule has 1 aliphatic rings. The molecule has 1 aliphatic carbocycles. The summed E-state index contributed by atoms with van der Waals surface area (Å²) in [7, 11) is 0. The van der Waals surface area contributed by atoms with Gasteiger partial charge in [0.2, 0.25) is 0 Å². The zero-order valence-corrected chi connectivity index (χ0v) is 9.49. The molecule has 0 N–H and O–H groups in total. The van der Waals surface area contributed by atoms with Gasteiger partial charge in [-0.05, 0) is 42.4 Å². The first-order valence-electron chi connectivity index (χ1n) is 4.89. The maximum Gasteiger partial charge on any atom is -0.00695 e. The van der Waals surface area contributed by atoms with E-state index in [0.29, 0.717) is 0 Å². The smallest absolute Gasteiger partial charge is 0.00695 e. The van der Waals surface area contributed by atoms with Gasteiger partial charge in [0.25, 0.3) is 0 Å². The highest BCUT2D eigenvalue weighted by molar-refractivity contribution is 5.48. The molecule has 0 saturated carbocycles. The Kier molecular flexibility index (Phi) is 2.51. The maximum absolute atomic E-state index is 4.16. The van der Waals surface area contributed by atoms with E-state index >= 15 is 0 Å². The zero-order valence-electron chi connectivity index (χ0n) is 9.49. The van der Waals surface area contributed by atoms with Crippen LogP contribution >= 0.6 is 0 Å². The van der Waals surface area contributed by atoms with Crippen molar-refractivity contribution in [2.45, 2.75) is 41.0 Å². The second kappa shape index (κ2) is 3.17. The lowest BCUT2D eigenvalue weighted by Gasteiger charge is -2.30. The highest BCUT2D eigenvalue weighted by atomic mass is 14.3. The highest BCUT2D eigenvalue weighted by Crippen LogP contribution is 2.39. The number of allylic oxidation sites excluding steroid dienone is 5. The van der Waals surface area contributed by atoms with Crippen molar-refractivity contribution < 1.29 is 0 Å². The van der Waals surface area contributed by atoms with Gasteiger partial charge >= 0.3 is 0 Å². The average molecular weight is 176 g/mol. The van der Waals surface area contributed by atoms with Gasteiger partial charge < -0.3 is 0 Å². The van der Waals surface area contributed by atoms with Crippen LogP contribution in [0, 0.1) is 5.41 Å². The van der Waals surface area contributed by atoms with Gasteiger partial charge in [-0.1, -0.05) is 39.0 Å². The Morgan fingerprint density at radius 3 is 2.15 bits per heavy atom. The van der Waals surface area contributed by atoms with Crippen LogP contribution in [0.2, 0.25) is 0 Å². The topological polar surface area (TPSA) is 0 Å². The summed E-state index contributed by atoms with van der Waals surface area (Å²) in [5.41, 5.74) is 5.79. The van der Waals surface area contributed by atoms with Crippen LogP contribution in [0.25, 0.3) is 0 Å². The molecule has 0 heteroatoms. The zero-order chi connectivity index (χ0) is 10.2. The fraction of sp³-hybridized carbons (Fsp3) is 0.538. The predicted octanol–water partition coefficient (Wildman–Crippen LogP) is 4.26.